The van der Waals surface area contributed by atoms with Gasteiger partial charge in [0.1, 0.15) is 0 Å². The molecule has 6 nitrogen and oxygen atoms in total. The minimum atomic E-state index is -0.301. The van der Waals surface area contributed by atoms with Crippen LogP contribution < -0.4 is 4.90 Å². The van der Waals surface area contributed by atoms with Crippen LogP contribution in [0.3, 0.4) is 0 Å². The molecular weight excluding hydrogens is 222 g/mol. The fourth-order valence-electron chi connectivity index (χ4n) is 1.70. The number of Topliss-reactive ketones (excluding diaryl/α,β-unsaturated/α-hetero) is 2. The molecule has 0 atom stereocenters. The zero-order chi connectivity index (χ0) is 12.6. The lowest BCUT2D eigenvalue weighted by atomic mass is 10.2. The lowest BCUT2D eigenvalue weighted by Crippen LogP contribution is -2.27. The van der Waals surface area contributed by atoms with E-state index in [4.69, 9.17) is 0 Å². The van der Waals surface area contributed by atoms with Crippen molar-refractivity contribution >= 4 is 23.4 Å². The minimum absolute atomic E-state index is 0.0116. The van der Waals surface area contributed by atoms with E-state index in [0.717, 1.165) is 0 Å². The molecule has 1 amide bonds. The van der Waals surface area contributed by atoms with Crippen LogP contribution in [0.25, 0.3) is 0 Å². The molecule has 6 heteroatoms. The summed E-state index contributed by atoms with van der Waals surface area (Å²) < 4.78 is 0. The maximum absolute atomic E-state index is 11.5. The van der Waals surface area contributed by atoms with Crippen molar-refractivity contribution in [3.8, 4) is 0 Å². The predicted octanol–water partition coefficient (Wildman–Crippen LogP) is 0.293. The molecule has 1 saturated heterocycles. The van der Waals surface area contributed by atoms with Crippen LogP contribution >= 0.6 is 0 Å². The van der Waals surface area contributed by atoms with Gasteiger partial charge < -0.3 is 0 Å². The van der Waals surface area contributed by atoms with Gasteiger partial charge in [-0.05, 0) is 13.8 Å². The molecular formula is C11H11N3O3. The van der Waals surface area contributed by atoms with Crippen molar-refractivity contribution in [2.24, 2.45) is 0 Å². The minimum Gasteiger partial charge on any atom is -0.297 e. The molecule has 17 heavy (non-hydrogen) atoms. The summed E-state index contributed by atoms with van der Waals surface area (Å²) >= 11 is 0. The average molecular weight is 233 g/mol. The summed E-state index contributed by atoms with van der Waals surface area (Å²) in [6.45, 7) is 3.11. The molecule has 1 aliphatic heterocycles. The topological polar surface area (TPSA) is 80.2 Å². The Bertz CT molecular complexity index is 525. The van der Waals surface area contributed by atoms with Crippen LogP contribution in [0, 0.1) is 6.92 Å². The van der Waals surface area contributed by atoms with Gasteiger partial charge in [0.2, 0.25) is 11.9 Å². The second-order valence-corrected chi connectivity index (χ2v) is 3.92. The van der Waals surface area contributed by atoms with Crippen LogP contribution in [-0.4, -0.2) is 34.0 Å². The van der Waals surface area contributed by atoms with Crippen molar-refractivity contribution < 1.29 is 14.4 Å². The van der Waals surface area contributed by atoms with E-state index in [1.54, 1.807) is 6.92 Å². The molecule has 1 fully saturated rings. The lowest BCUT2D eigenvalue weighted by molar-refractivity contribution is -0.121. The number of anilines is 1. The molecule has 0 spiro atoms. The number of rotatable bonds is 2. The summed E-state index contributed by atoms with van der Waals surface area (Å²) in [6, 6.07) is 0. The number of amides is 1. The Balaban J connectivity index is 2.35. The van der Waals surface area contributed by atoms with Crippen LogP contribution in [0.5, 0.6) is 0 Å². The first kappa shape index (κ1) is 11.4. The van der Waals surface area contributed by atoms with E-state index < -0.39 is 0 Å². The fourth-order valence-corrected chi connectivity index (χ4v) is 1.70. The first-order valence-electron chi connectivity index (χ1n) is 5.15. The second kappa shape index (κ2) is 4.04. The quantitative estimate of drug-likeness (QED) is 0.542. The van der Waals surface area contributed by atoms with Gasteiger partial charge in [-0.2, -0.15) is 0 Å². The van der Waals surface area contributed by atoms with Crippen molar-refractivity contribution in [2.45, 2.75) is 20.3 Å². The lowest BCUT2D eigenvalue weighted by Gasteiger charge is -2.13. The number of nitrogens with zero attached hydrogens (tertiary/aromatic N) is 3. The van der Waals surface area contributed by atoms with Gasteiger partial charge in [-0.3, -0.25) is 19.3 Å². The molecule has 1 aromatic rings. The van der Waals surface area contributed by atoms with Gasteiger partial charge in [0, 0.05) is 6.20 Å². The summed E-state index contributed by atoms with van der Waals surface area (Å²) in [5.41, 5.74) is 0.932. The highest BCUT2D eigenvalue weighted by Gasteiger charge is 2.30. The first-order valence-corrected chi connectivity index (χ1v) is 5.15. The molecule has 2 rings (SSSR count). The highest BCUT2D eigenvalue weighted by molar-refractivity contribution is 6.14. The first-order chi connectivity index (χ1) is 7.99. The van der Waals surface area contributed by atoms with Crippen molar-refractivity contribution in [1.29, 1.82) is 0 Å². The Kier molecular flexibility index (Phi) is 2.71. The van der Waals surface area contributed by atoms with Crippen LogP contribution in [-0.2, 0) is 9.59 Å². The highest BCUT2D eigenvalue weighted by atomic mass is 16.2. The van der Waals surface area contributed by atoms with E-state index in [-0.39, 0.29) is 36.4 Å². The van der Waals surface area contributed by atoms with Crippen molar-refractivity contribution in [3.63, 3.8) is 0 Å². The summed E-state index contributed by atoms with van der Waals surface area (Å²) in [5.74, 6) is -0.391. The summed E-state index contributed by atoms with van der Waals surface area (Å²) in [5, 5.41) is 0. The van der Waals surface area contributed by atoms with Crippen LogP contribution in [0.15, 0.2) is 6.20 Å². The predicted molar refractivity (Wildman–Crippen MR) is 58.8 cm³/mol. The maximum Gasteiger partial charge on any atom is 0.237 e. The van der Waals surface area contributed by atoms with Gasteiger partial charge in [0.25, 0.3) is 0 Å². The van der Waals surface area contributed by atoms with Crippen LogP contribution in [0.4, 0.5) is 5.95 Å². The molecule has 1 aromatic heterocycles. The summed E-state index contributed by atoms with van der Waals surface area (Å²) in [4.78, 5) is 43.1. The van der Waals surface area contributed by atoms with E-state index in [1.807, 2.05) is 0 Å². The number of aryl methyl sites for hydroxylation is 1. The molecule has 0 aromatic carbocycles. The van der Waals surface area contributed by atoms with E-state index in [0.29, 0.717) is 11.3 Å². The Labute approximate surface area is 97.7 Å². The van der Waals surface area contributed by atoms with Gasteiger partial charge in [-0.1, -0.05) is 0 Å². The van der Waals surface area contributed by atoms with E-state index >= 15 is 0 Å². The van der Waals surface area contributed by atoms with Gasteiger partial charge in [0.15, 0.2) is 11.6 Å². The molecule has 0 bridgehead atoms. The van der Waals surface area contributed by atoms with Crippen LogP contribution in [0.1, 0.15) is 29.4 Å². The molecule has 0 aliphatic carbocycles. The third-order valence-electron chi connectivity index (χ3n) is 2.57. The van der Waals surface area contributed by atoms with Crippen molar-refractivity contribution in [3.05, 3.63) is 17.5 Å². The van der Waals surface area contributed by atoms with E-state index in [1.165, 1.54) is 18.0 Å². The number of hydrogen-bond donors (Lipinski definition) is 0. The van der Waals surface area contributed by atoms with Gasteiger partial charge in [-0.15, -0.1) is 0 Å². The smallest absolute Gasteiger partial charge is 0.237 e. The summed E-state index contributed by atoms with van der Waals surface area (Å²) in [7, 11) is 0. The zero-order valence-electron chi connectivity index (χ0n) is 9.56. The average Bonchev–Trinajstić information content (AvgIpc) is 2.57. The molecule has 1 aliphatic rings. The number of aromatic nitrogens is 2. The monoisotopic (exact) mass is 233 g/mol. The van der Waals surface area contributed by atoms with Crippen molar-refractivity contribution in [2.75, 3.05) is 11.4 Å². The Morgan fingerprint density at radius 2 is 2.12 bits per heavy atom. The molecule has 0 N–H and O–H groups in total. The number of carbonyl (C=O) groups excluding carboxylic acids is 3. The Hall–Kier alpha value is -2.11. The third kappa shape index (κ3) is 2.06. The van der Waals surface area contributed by atoms with Crippen molar-refractivity contribution in [1.82, 2.24) is 9.97 Å². The number of carbonyl (C=O) groups is 3. The fraction of sp³-hybridized carbons (Fsp3) is 0.364. The largest absolute Gasteiger partial charge is 0.297 e. The van der Waals surface area contributed by atoms with E-state index in [2.05, 4.69) is 9.97 Å². The third-order valence-corrected chi connectivity index (χ3v) is 2.57. The van der Waals surface area contributed by atoms with E-state index in [9.17, 15) is 14.4 Å². The zero-order valence-corrected chi connectivity index (χ0v) is 9.56. The molecule has 0 unspecified atom stereocenters. The summed E-state index contributed by atoms with van der Waals surface area (Å²) in [6.07, 6.45) is 1.28. The van der Waals surface area contributed by atoms with Gasteiger partial charge in [0.05, 0.1) is 24.2 Å². The molecule has 0 saturated carbocycles. The Morgan fingerprint density at radius 3 is 2.59 bits per heavy atom. The number of hydrogen-bond acceptors (Lipinski definition) is 5. The second-order valence-electron chi connectivity index (χ2n) is 3.92. The van der Waals surface area contributed by atoms with Crippen LogP contribution in [0.2, 0.25) is 0 Å². The molecule has 88 valence electrons. The normalized spacial score (nSPS) is 15.5. The molecule has 0 radical (unpaired) electrons. The van der Waals surface area contributed by atoms with Gasteiger partial charge in [-0.25, -0.2) is 9.97 Å². The Morgan fingerprint density at radius 1 is 1.41 bits per heavy atom. The van der Waals surface area contributed by atoms with Gasteiger partial charge >= 0.3 is 0 Å². The standard InChI is InChI=1S/C11H11N3O3/c1-6-9(7(2)15)4-12-11(13-6)14-5-8(16)3-10(14)17/h4H,3,5H2,1-2H3. The SMILES string of the molecule is CC(=O)c1cnc(N2CC(=O)CC2=O)nc1C. The number of ketones is 2. The highest BCUT2D eigenvalue weighted by Crippen LogP contribution is 2.16. The maximum atomic E-state index is 11.5. The molecule has 2 heterocycles.